The predicted octanol–water partition coefficient (Wildman–Crippen LogP) is 3.31. The Bertz CT molecular complexity index is 455. The molecular weight excluding hydrogens is 188 g/mol. The highest BCUT2D eigenvalue weighted by Crippen LogP contribution is 2.27. The van der Waals surface area contributed by atoms with Gasteiger partial charge < -0.3 is 9.52 Å². The molecule has 0 saturated heterocycles. The van der Waals surface area contributed by atoms with Gasteiger partial charge in [0, 0.05) is 5.56 Å². The molecule has 1 aromatic carbocycles. The average Bonchev–Trinajstić information content (AvgIpc) is 2.67. The molecule has 1 N–H and O–H groups in total. The van der Waals surface area contributed by atoms with Crippen LogP contribution in [0.3, 0.4) is 0 Å². The van der Waals surface area contributed by atoms with Crippen molar-refractivity contribution in [3.63, 3.8) is 0 Å². The highest BCUT2D eigenvalue weighted by molar-refractivity contribution is 5.61. The van der Waals surface area contributed by atoms with E-state index in [1.54, 1.807) is 6.92 Å². The Labute approximate surface area is 89.2 Å². The predicted molar refractivity (Wildman–Crippen MR) is 59.5 cm³/mol. The summed E-state index contributed by atoms with van der Waals surface area (Å²) in [6.45, 7) is 3.74. The molecule has 1 atom stereocenters. The normalized spacial score (nSPS) is 12.7. The standard InChI is InChI=1S/C13H14O2/c1-9-5-3-4-6-11(9)13-8-7-12(15-13)10(2)14/h3-8,10,14H,1-2H3. The summed E-state index contributed by atoms with van der Waals surface area (Å²) in [6, 6.07) is 11.7. The van der Waals surface area contributed by atoms with Crippen LogP contribution in [0.5, 0.6) is 0 Å². The third kappa shape index (κ3) is 1.95. The molecule has 0 aliphatic heterocycles. The fraction of sp³-hybridized carbons (Fsp3) is 0.231. The zero-order valence-corrected chi connectivity index (χ0v) is 8.90. The number of aliphatic hydroxyl groups is 1. The smallest absolute Gasteiger partial charge is 0.134 e. The first kappa shape index (κ1) is 9.99. The second kappa shape index (κ2) is 3.91. The fourth-order valence-electron chi connectivity index (χ4n) is 1.57. The Morgan fingerprint density at radius 3 is 2.47 bits per heavy atom. The summed E-state index contributed by atoms with van der Waals surface area (Å²) in [7, 11) is 0. The largest absolute Gasteiger partial charge is 0.458 e. The quantitative estimate of drug-likeness (QED) is 0.810. The van der Waals surface area contributed by atoms with Crippen LogP contribution in [0.15, 0.2) is 40.8 Å². The van der Waals surface area contributed by atoms with Crippen LogP contribution < -0.4 is 0 Å². The van der Waals surface area contributed by atoms with Crippen molar-refractivity contribution in [3.8, 4) is 11.3 Å². The molecule has 2 rings (SSSR count). The molecule has 0 saturated carbocycles. The molecule has 0 spiro atoms. The molecule has 1 unspecified atom stereocenters. The van der Waals surface area contributed by atoms with Crippen molar-refractivity contribution in [1.82, 2.24) is 0 Å². The SMILES string of the molecule is Cc1ccccc1-c1ccc(C(C)O)o1. The van der Waals surface area contributed by atoms with Gasteiger partial charge in [0.1, 0.15) is 17.6 Å². The van der Waals surface area contributed by atoms with E-state index < -0.39 is 6.10 Å². The highest BCUT2D eigenvalue weighted by Gasteiger charge is 2.09. The van der Waals surface area contributed by atoms with Gasteiger partial charge in [-0.1, -0.05) is 24.3 Å². The van der Waals surface area contributed by atoms with E-state index in [9.17, 15) is 5.11 Å². The number of aliphatic hydroxyl groups excluding tert-OH is 1. The lowest BCUT2D eigenvalue weighted by molar-refractivity contribution is 0.170. The van der Waals surface area contributed by atoms with Gasteiger partial charge in [-0.05, 0) is 31.5 Å². The molecule has 2 nitrogen and oxygen atoms in total. The molecule has 1 heterocycles. The number of hydrogen-bond donors (Lipinski definition) is 1. The minimum atomic E-state index is -0.553. The van der Waals surface area contributed by atoms with Gasteiger partial charge in [0.15, 0.2) is 0 Å². The Kier molecular flexibility index (Phi) is 2.60. The number of hydrogen-bond acceptors (Lipinski definition) is 2. The molecule has 2 heteroatoms. The molecule has 0 fully saturated rings. The van der Waals surface area contributed by atoms with Crippen molar-refractivity contribution in [2.75, 3.05) is 0 Å². The third-order valence-electron chi connectivity index (χ3n) is 2.45. The van der Waals surface area contributed by atoms with Crippen LogP contribution in [0, 0.1) is 6.92 Å². The lowest BCUT2D eigenvalue weighted by Gasteiger charge is -2.02. The summed E-state index contributed by atoms with van der Waals surface area (Å²) in [5.74, 6) is 1.41. The second-order valence-corrected chi connectivity index (χ2v) is 3.69. The minimum absolute atomic E-state index is 0.553. The first-order valence-corrected chi connectivity index (χ1v) is 5.02. The first-order chi connectivity index (χ1) is 7.18. The van der Waals surface area contributed by atoms with Gasteiger partial charge in [0.2, 0.25) is 0 Å². The van der Waals surface area contributed by atoms with E-state index >= 15 is 0 Å². The summed E-state index contributed by atoms with van der Waals surface area (Å²) >= 11 is 0. The molecule has 0 radical (unpaired) electrons. The molecule has 78 valence electrons. The maximum atomic E-state index is 9.36. The topological polar surface area (TPSA) is 33.4 Å². The summed E-state index contributed by atoms with van der Waals surface area (Å²) in [5, 5.41) is 9.36. The van der Waals surface area contributed by atoms with Gasteiger partial charge in [-0.25, -0.2) is 0 Å². The van der Waals surface area contributed by atoms with Crippen LogP contribution in [-0.2, 0) is 0 Å². The van der Waals surface area contributed by atoms with Crippen molar-refractivity contribution in [3.05, 3.63) is 47.7 Å². The summed E-state index contributed by atoms with van der Waals surface area (Å²) < 4.78 is 5.56. The van der Waals surface area contributed by atoms with Crippen molar-refractivity contribution in [2.45, 2.75) is 20.0 Å². The Morgan fingerprint density at radius 2 is 1.87 bits per heavy atom. The van der Waals surface area contributed by atoms with Crippen LogP contribution in [-0.4, -0.2) is 5.11 Å². The van der Waals surface area contributed by atoms with Crippen LogP contribution in [0.2, 0.25) is 0 Å². The van der Waals surface area contributed by atoms with Gasteiger partial charge >= 0.3 is 0 Å². The summed E-state index contributed by atoms with van der Waals surface area (Å²) in [4.78, 5) is 0. The van der Waals surface area contributed by atoms with E-state index in [1.165, 1.54) is 5.56 Å². The van der Waals surface area contributed by atoms with E-state index in [2.05, 4.69) is 0 Å². The number of aryl methyl sites for hydroxylation is 1. The van der Waals surface area contributed by atoms with E-state index in [0.29, 0.717) is 5.76 Å². The maximum absolute atomic E-state index is 9.36. The molecule has 0 aliphatic rings. The number of benzene rings is 1. The molecule has 0 bridgehead atoms. The zero-order valence-electron chi connectivity index (χ0n) is 8.90. The molecule has 2 aromatic rings. The molecule has 0 aliphatic carbocycles. The van der Waals surface area contributed by atoms with Gasteiger partial charge in [0.05, 0.1) is 0 Å². The van der Waals surface area contributed by atoms with Crippen LogP contribution in [0.25, 0.3) is 11.3 Å². The van der Waals surface area contributed by atoms with E-state index in [-0.39, 0.29) is 0 Å². The van der Waals surface area contributed by atoms with Crippen LogP contribution in [0.4, 0.5) is 0 Å². The Balaban J connectivity index is 2.42. The van der Waals surface area contributed by atoms with Gasteiger partial charge in [-0.15, -0.1) is 0 Å². The van der Waals surface area contributed by atoms with Crippen molar-refractivity contribution in [2.24, 2.45) is 0 Å². The maximum Gasteiger partial charge on any atom is 0.134 e. The lowest BCUT2D eigenvalue weighted by Crippen LogP contribution is -1.85. The van der Waals surface area contributed by atoms with Crippen molar-refractivity contribution < 1.29 is 9.52 Å². The van der Waals surface area contributed by atoms with Gasteiger partial charge in [-0.3, -0.25) is 0 Å². The van der Waals surface area contributed by atoms with Crippen molar-refractivity contribution in [1.29, 1.82) is 0 Å². The fourth-order valence-corrected chi connectivity index (χ4v) is 1.57. The summed E-state index contributed by atoms with van der Waals surface area (Å²) in [5.41, 5.74) is 2.24. The molecule has 15 heavy (non-hydrogen) atoms. The number of furan rings is 1. The molecular formula is C13H14O2. The van der Waals surface area contributed by atoms with Crippen LogP contribution in [0.1, 0.15) is 24.4 Å². The zero-order chi connectivity index (χ0) is 10.8. The van der Waals surface area contributed by atoms with E-state index in [1.807, 2.05) is 43.3 Å². The van der Waals surface area contributed by atoms with Gasteiger partial charge in [0.25, 0.3) is 0 Å². The third-order valence-corrected chi connectivity index (χ3v) is 2.45. The van der Waals surface area contributed by atoms with E-state index in [4.69, 9.17) is 4.42 Å². The monoisotopic (exact) mass is 202 g/mol. The lowest BCUT2D eigenvalue weighted by atomic mass is 10.1. The second-order valence-electron chi connectivity index (χ2n) is 3.69. The molecule has 0 amide bonds. The first-order valence-electron chi connectivity index (χ1n) is 5.02. The molecule has 1 aromatic heterocycles. The highest BCUT2D eigenvalue weighted by atomic mass is 16.4. The minimum Gasteiger partial charge on any atom is -0.458 e. The summed E-state index contributed by atoms with van der Waals surface area (Å²) in [6.07, 6.45) is -0.553. The van der Waals surface area contributed by atoms with Crippen LogP contribution >= 0.6 is 0 Å². The Hall–Kier alpha value is -1.54. The van der Waals surface area contributed by atoms with Crippen molar-refractivity contribution >= 4 is 0 Å². The Morgan fingerprint density at radius 1 is 1.13 bits per heavy atom. The van der Waals surface area contributed by atoms with Gasteiger partial charge in [-0.2, -0.15) is 0 Å². The number of rotatable bonds is 2. The van der Waals surface area contributed by atoms with E-state index in [0.717, 1.165) is 11.3 Å². The average molecular weight is 202 g/mol.